The van der Waals surface area contributed by atoms with E-state index in [-0.39, 0.29) is 0 Å². The normalized spacial score (nSPS) is 10.5. The van der Waals surface area contributed by atoms with Crippen LogP contribution in [0.5, 0.6) is 0 Å². The molecule has 78 valence electrons. The third-order valence-corrected chi connectivity index (χ3v) is 3.04. The molecule has 0 saturated carbocycles. The molecule has 2 aromatic heterocycles. The van der Waals surface area contributed by atoms with E-state index in [1.807, 2.05) is 46.3 Å². The Balaban J connectivity index is 2.14. The SMILES string of the molecule is c1ccc(-n2cnnc2-c2ccsc2)cc1. The summed E-state index contributed by atoms with van der Waals surface area (Å²) in [6.07, 6.45) is 1.74. The van der Waals surface area contributed by atoms with Gasteiger partial charge in [0.2, 0.25) is 0 Å². The van der Waals surface area contributed by atoms with Crippen molar-refractivity contribution in [3.8, 4) is 17.1 Å². The topological polar surface area (TPSA) is 30.7 Å². The molecular weight excluding hydrogens is 218 g/mol. The second-order valence-electron chi connectivity index (χ2n) is 3.37. The van der Waals surface area contributed by atoms with Gasteiger partial charge in [-0.05, 0) is 23.6 Å². The Bertz CT molecular complexity index is 569. The summed E-state index contributed by atoms with van der Waals surface area (Å²) < 4.78 is 1.99. The minimum absolute atomic E-state index is 0.882. The number of para-hydroxylation sites is 1. The van der Waals surface area contributed by atoms with Gasteiger partial charge in [-0.1, -0.05) is 18.2 Å². The van der Waals surface area contributed by atoms with Crippen LogP contribution in [0, 0.1) is 0 Å². The van der Waals surface area contributed by atoms with Crippen molar-refractivity contribution in [2.75, 3.05) is 0 Å². The highest BCUT2D eigenvalue weighted by Crippen LogP contribution is 2.22. The number of aromatic nitrogens is 3. The molecule has 16 heavy (non-hydrogen) atoms. The number of hydrogen-bond donors (Lipinski definition) is 0. The van der Waals surface area contributed by atoms with Crippen molar-refractivity contribution in [1.82, 2.24) is 14.8 Å². The second kappa shape index (κ2) is 3.90. The molecule has 0 aliphatic rings. The van der Waals surface area contributed by atoms with Gasteiger partial charge in [-0.25, -0.2) is 0 Å². The monoisotopic (exact) mass is 227 g/mol. The molecule has 3 aromatic rings. The lowest BCUT2D eigenvalue weighted by Gasteiger charge is -2.04. The first-order valence-corrected chi connectivity index (χ1v) is 5.87. The number of thiophene rings is 1. The van der Waals surface area contributed by atoms with E-state index in [0.29, 0.717) is 0 Å². The first-order chi connectivity index (χ1) is 7.95. The van der Waals surface area contributed by atoms with Gasteiger partial charge in [0.15, 0.2) is 5.82 Å². The van der Waals surface area contributed by atoms with Crippen LogP contribution in [0.3, 0.4) is 0 Å². The summed E-state index contributed by atoms with van der Waals surface area (Å²) in [5, 5.41) is 12.2. The van der Waals surface area contributed by atoms with Crippen molar-refractivity contribution in [3.05, 3.63) is 53.5 Å². The van der Waals surface area contributed by atoms with E-state index in [1.54, 1.807) is 17.7 Å². The Morgan fingerprint density at radius 1 is 1.06 bits per heavy atom. The molecule has 0 unspecified atom stereocenters. The maximum absolute atomic E-state index is 4.15. The first kappa shape index (κ1) is 9.30. The molecule has 3 nitrogen and oxygen atoms in total. The van der Waals surface area contributed by atoms with Gasteiger partial charge in [-0.2, -0.15) is 11.3 Å². The largest absolute Gasteiger partial charge is 0.282 e. The van der Waals surface area contributed by atoms with Crippen LogP contribution >= 0.6 is 11.3 Å². The Hall–Kier alpha value is -1.94. The van der Waals surface area contributed by atoms with Crippen LogP contribution in [0.4, 0.5) is 0 Å². The van der Waals surface area contributed by atoms with Crippen LogP contribution in [0.25, 0.3) is 17.1 Å². The van der Waals surface area contributed by atoms with Gasteiger partial charge in [0.05, 0.1) is 0 Å². The number of nitrogens with zero attached hydrogens (tertiary/aromatic N) is 3. The van der Waals surface area contributed by atoms with Crippen LogP contribution in [0.1, 0.15) is 0 Å². The minimum atomic E-state index is 0.882. The third-order valence-electron chi connectivity index (χ3n) is 2.36. The summed E-state index contributed by atoms with van der Waals surface area (Å²) in [4.78, 5) is 0. The number of benzene rings is 1. The van der Waals surface area contributed by atoms with E-state index in [1.165, 1.54) is 0 Å². The van der Waals surface area contributed by atoms with Gasteiger partial charge in [-0.15, -0.1) is 10.2 Å². The van der Waals surface area contributed by atoms with Crippen LogP contribution in [-0.4, -0.2) is 14.8 Å². The third kappa shape index (κ3) is 1.53. The van der Waals surface area contributed by atoms with Crippen molar-refractivity contribution in [2.45, 2.75) is 0 Å². The van der Waals surface area contributed by atoms with E-state index in [0.717, 1.165) is 17.1 Å². The molecule has 1 aromatic carbocycles. The predicted molar refractivity (Wildman–Crippen MR) is 64.7 cm³/mol. The van der Waals surface area contributed by atoms with Crippen molar-refractivity contribution in [2.24, 2.45) is 0 Å². The molecule has 0 amide bonds. The molecule has 2 heterocycles. The maximum atomic E-state index is 4.15. The lowest BCUT2D eigenvalue weighted by atomic mass is 10.3. The molecule has 0 fully saturated rings. The number of hydrogen-bond acceptors (Lipinski definition) is 3. The average Bonchev–Trinajstić information content (AvgIpc) is 3.01. The van der Waals surface area contributed by atoms with Gasteiger partial charge in [-0.3, -0.25) is 4.57 Å². The van der Waals surface area contributed by atoms with Crippen molar-refractivity contribution >= 4 is 11.3 Å². The fourth-order valence-electron chi connectivity index (χ4n) is 1.60. The zero-order chi connectivity index (χ0) is 10.8. The molecule has 0 radical (unpaired) electrons. The van der Waals surface area contributed by atoms with E-state index in [9.17, 15) is 0 Å². The molecule has 0 spiro atoms. The quantitative estimate of drug-likeness (QED) is 0.673. The van der Waals surface area contributed by atoms with E-state index in [2.05, 4.69) is 15.6 Å². The standard InChI is InChI=1S/C12H9N3S/c1-2-4-11(5-3-1)15-9-13-14-12(15)10-6-7-16-8-10/h1-9H. The molecule has 0 aliphatic carbocycles. The lowest BCUT2D eigenvalue weighted by molar-refractivity contribution is 1.06. The number of rotatable bonds is 2. The van der Waals surface area contributed by atoms with Crippen LogP contribution in [0.2, 0.25) is 0 Å². The highest BCUT2D eigenvalue weighted by molar-refractivity contribution is 7.08. The van der Waals surface area contributed by atoms with E-state index >= 15 is 0 Å². The Labute approximate surface area is 97.0 Å². The Morgan fingerprint density at radius 2 is 1.94 bits per heavy atom. The predicted octanol–water partition coefficient (Wildman–Crippen LogP) is 3.00. The van der Waals surface area contributed by atoms with Crippen LogP contribution in [-0.2, 0) is 0 Å². The van der Waals surface area contributed by atoms with E-state index < -0.39 is 0 Å². The van der Waals surface area contributed by atoms with Gasteiger partial charge in [0.1, 0.15) is 6.33 Å². The van der Waals surface area contributed by atoms with Crippen LogP contribution in [0.15, 0.2) is 53.5 Å². The lowest BCUT2D eigenvalue weighted by Crippen LogP contribution is -1.94. The van der Waals surface area contributed by atoms with Gasteiger partial charge < -0.3 is 0 Å². The summed E-state index contributed by atoms with van der Waals surface area (Å²) in [7, 11) is 0. The van der Waals surface area contributed by atoms with Gasteiger partial charge in [0.25, 0.3) is 0 Å². The summed E-state index contributed by atoms with van der Waals surface area (Å²) in [5.74, 6) is 0.882. The van der Waals surface area contributed by atoms with E-state index in [4.69, 9.17) is 0 Å². The minimum Gasteiger partial charge on any atom is -0.282 e. The van der Waals surface area contributed by atoms with Crippen molar-refractivity contribution in [3.63, 3.8) is 0 Å². The fraction of sp³-hybridized carbons (Fsp3) is 0. The molecular formula is C12H9N3S. The molecule has 0 atom stereocenters. The first-order valence-electron chi connectivity index (χ1n) is 4.93. The summed E-state index contributed by atoms with van der Waals surface area (Å²) in [5.41, 5.74) is 2.18. The molecule has 4 heteroatoms. The van der Waals surface area contributed by atoms with Crippen molar-refractivity contribution in [1.29, 1.82) is 0 Å². The molecule has 0 saturated heterocycles. The van der Waals surface area contributed by atoms with Gasteiger partial charge in [0, 0.05) is 16.6 Å². The Kier molecular flexibility index (Phi) is 2.27. The highest BCUT2D eigenvalue weighted by atomic mass is 32.1. The Morgan fingerprint density at radius 3 is 2.69 bits per heavy atom. The molecule has 3 rings (SSSR count). The zero-order valence-electron chi connectivity index (χ0n) is 8.45. The molecule has 0 bridgehead atoms. The highest BCUT2D eigenvalue weighted by Gasteiger charge is 2.08. The van der Waals surface area contributed by atoms with Crippen molar-refractivity contribution < 1.29 is 0 Å². The smallest absolute Gasteiger partial charge is 0.169 e. The summed E-state index contributed by atoms with van der Waals surface area (Å²) >= 11 is 1.66. The second-order valence-corrected chi connectivity index (χ2v) is 4.15. The molecule has 0 aliphatic heterocycles. The summed E-state index contributed by atoms with van der Waals surface area (Å²) in [6.45, 7) is 0. The van der Waals surface area contributed by atoms with Gasteiger partial charge >= 0.3 is 0 Å². The fourth-order valence-corrected chi connectivity index (χ4v) is 2.24. The zero-order valence-corrected chi connectivity index (χ0v) is 9.26. The van der Waals surface area contributed by atoms with Crippen LogP contribution < -0.4 is 0 Å². The maximum Gasteiger partial charge on any atom is 0.169 e. The summed E-state index contributed by atoms with van der Waals surface area (Å²) in [6, 6.07) is 12.1. The average molecular weight is 227 g/mol. The molecule has 0 N–H and O–H groups in total.